The molecule has 3 aromatic rings. The molecule has 23 heavy (non-hydrogen) atoms. The van der Waals surface area contributed by atoms with Gasteiger partial charge in [-0.25, -0.2) is 0 Å². The summed E-state index contributed by atoms with van der Waals surface area (Å²) in [6, 6.07) is 10.7. The molecular formula is C16H16N4O2S. The molecule has 1 aliphatic rings. The maximum Gasteiger partial charge on any atom is 0.290 e. The van der Waals surface area contributed by atoms with Crippen molar-refractivity contribution in [3.63, 3.8) is 0 Å². The summed E-state index contributed by atoms with van der Waals surface area (Å²) in [5.41, 5.74) is 5.19. The van der Waals surface area contributed by atoms with Crippen LogP contribution in [0.25, 0.3) is 10.1 Å². The molecule has 1 aliphatic heterocycles. The zero-order valence-electron chi connectivity index (χ0n) is 12.4. The maximum absolute atomic E-state index is 11.1. The quantitative estimate of drug-likeness (QED) is 0.796. The number of amides is 1. The van der Waals surface area contributed by atoms with Crippen molar-refractivity contribution in [2.45, 2.75) is 25.4 Å². The molecule has 0 saturated carbocycles. The number of hydrogen-bond donors (Lipinski definition) is 1. The maximum atomic E-state index is 11.1. The first-order valence-corrected chi connectivity index (χ1v) is 8.37. The number of nitrogens with zero attached hydrogens (tertiary/aromatic N) is 3. The van der Waals surface area contributed by atoms with Crippen LogP contribution in [0.4, 0.5) is 0 Å². The molecule has 0 unspecified atom stereocenters. The lowest BCUT2D eigenvalue weighted by molar-refractivity contribution is 0.0987. The molecule has 1 fully saturated rings. The molecule has 1 aromatic carbocycles. The van der Waals surface area contributed by atoms with Gasteiger partial charge in [-0.1, -0.05) is 23.4 Å². The van der Waals surface area contributed by atoms with Gasteiger partial charge in [-0.3, -0.25) is 9.69 Å². The zero-order chi connectivity index (χ0) is 15.8. The van der Waals surface area contributed by atoms with E-state index in [1.165, 1.54) is 15.0 Å². The topological polar surface area (TPSA) is 85.2 Å². The predicted octanol–water partition coefficient (Wildman–Crippen LogP) is 2.72. The Morgan fingerprint density at radius 2 is 2.30 bits per heavy atom. The number of carbonyl (C=O) groups is 1. The van der Waals surface area contributed by atoms with Gasteiger partial charge in [-0.05, 0) is 36.9 Å². The van der Waals surface area contributed by atoms with E-state index in [1.54, 1.807) is 0 Å². The zero-order valence-corrected chi connectivity index (χ0v) is 13.3. The van der Waals surface area contributed by atoms with E-state index in [1.807, 2.05) is 11.3 Å². The van der Waals surface area contributed by atoms with E-state index in [2.05, 4.69) is 45.4 Å². The van der Waals surface area contributed by atoms with Crippen molar-refractivity contribution in [3.05, 3.63) is 46.9 Å². The third-order valence-electron chi connectivity index (χ3n) is 4.15. The molecule has 0 radical (unpaired) electrons. The summed E-state index contributed by atoms with van der Waals surface area (Å²) in [6.45, 7) is 1.82. The Labute approximate surface area is 136 Å². The summed E-state index contributed by atoms with van der Waals surface area (Å²) >= 11 is 1.81. The van der Waals surface area contributed by atoms with Crippen molar-refractivity contribution >= 4 is 27.3 Å². The molecular weight excluding hydrogens is 312 g/mol. The third-order valence-corrected chi connectivity index (χ3v) is 5.25. The molecule has 2 aromatic heterocycles. The summed E-state index contributed by atoms with van der Waals surface area (Å²) in [5.74, 6) is -0.222. The number of nitrogens with two attached hydrogens (primary N) is 1. The molecule has 6 nitrogen and oxygen atoms in total. The first kappa shape index (κ1) is 14.3. The highest BCUT2D eigenvalue weighted by atomic mass is 32.1. The van der Waals surface area contributed by atoms with Gasteiger partial charge >= 0.3 is 0 Å². The van der Waals surface area contributed by atoms with Gasteiger partial charge < -0.3 is 10.3 Å². The molecule has 0 bridgehead atoms. The first-order chi connectivity index (χ1) is 11.2. The van der Waals surface area contributed by atoms with Crippen LogP contribution >= 0.6 is 11.3 Å². The number of rotatable bonds is 4. The van der Waals surface area contributed by atoms with Crippen molar-refractivity contribution in [3.8, 4) is 0 Å². The molecule has 0 spiro atoms. The lowest BCUT2D eigenvalue weighted by Gasteiger charge is -2.20. The van der Waals surface area contributed by atoms with Crippen LogP contribution < -0.4 is 5.73 Å². The highest BCUT2D eigenvalue weighted by molar-refractivity contribution is 7.19. The normalized spacial score (nSPS) is 18.7. The van der Waals surface area contributed by atoms with E-state index in [-0.39, 0.29) is 11.9 Å². The lowest BCUT2D eigenvalue weighted by atomic mass is 10.2. The fourth-order valence-electron chi connectivity index (χ4n) is 3.08. The second-order valence-electron chi connectivity index (χ2n) is 5.70. The van der Waals surface area contributed by atoms with E-state index in [9.17, 15) is 4.79 Å². The van der Waals surface area contributed by atoms with Crippen molar-refractivity contribution in [1.82, 2.24) is 15.0 Å². The molecule has 7 heteroatoms. The summed E-state index contributed by atoms with van der Waals surface area (Å²) in [6.07, 6.45) is 2.02. The molecule has 4 rings (SSSR count). The van der Waals surface area contributed by atoms with Crippen LogP contribution in [0, 0.1) is 0 Å². The van der Waals surface area contributed by atoms with Gasteiger partial charge in [0.05, 0.1) is 6.04 Å². The molecule has 3 heterocycles. The molecule has 0 aliphatic carbocycles. The highest BCUT2D eigenvalue weighted by Gasteiger charge is 2.31. The third kappa shape index (κ3) is 2.73. The Bertz CT molecular complexity index is 824. The van der Waals surface area contributed by atoms with Crippen LogP contribution in [0.5, 0.6) is 0 Å². The fraction of sp³-hybridized carbons (Fsp3) is 0.312. The monoisotopic (exact) mass is 328 g/mol. The van der Waals surface area contributed by atoms with Crippen LogP contribution in [0.2, 0.25) is 0 Å². The molecule has 2 N–H and O–H groups in total. The number of carbonyl (C=O) groups excluding carboxylic acids is 1. The molecule has 1 saturated heterocycles. The van der Waals surface area contributed by atoms with Crippen LogP contribution in [0.15, 0.2) is 34.9 Å². The average molecular weight is 328 g/mol. The van der Waals surface area contributed by atoms with Crippen molar-refractivity contribution in [1.29, 1.82) is 0 Å². The van der Waals surface area contributed by atoms with Gasteiger partial charge in [-0.2, -0.15) is 4.98 Å². The number of thiophene rings is 1. The SMILES string of the molecule is NC(=O)c1noc([C@H]2CCCN2Cc2cc3ccccc3s2)n1. The molecule has 118 valence electrons. The number of primary amides is 1. The van der Waals surface area contributed by atoms with Gasteiger partial charge in [0.2, 0.25) is 5.89 Å². The van der Waals surface area contributed by atoms with E-state index >= 15 is 0 Å². The Hall–Kier alpha value is -2.25. The smallest absolute Gasteiger partial charge is 0.290 e. The summed E-state index contributed by atoms with van der Waals surface area (Å²) in [4.78, 5) is 18.9. The fourth-order valence-corrected chi connectivity index (χ4v) is 4.17. The minimum absolute atomic E-state index is 0.0475. The minimum atomic E-state index is -0.658. The Morgan fingerprint density at radius 3 is 3.09 bits per heavy atom. The largest absolute Gasteiger partial charge is 0.363 e. The van der Waals surface area contributed by atoms with Gasteiger partial charge in [0, 0.05) is 16.1 Å². The number of likely N-dealkylation sites (tertiary alicyclic amines) is 1. The lowest BCUT2D eigenvalue weighted by Crippen LogP contribution is -2.22. The van der Waals surface area contributed by atoms with Gasteiger partial charge in [0.15, 0.2) is 0 Å². The van der Waals surface area contributed by atoms with Crippen LogP contribution in [-0.4, -0.2) is 27.5 Å². The Balaban J connectivity index is 1.56. The van der Waals surface area contributed by atoms with Gasteiger partial charge in [-0.15, -0.1) is 11.3 Å². The van der Waals surface area contributed by atoms with Crippen LogP contribution in [0.1, 0.15) is 40.3 Å². The van der Waals surface area contributed by atoms with Crippen LogP contribution in [0.3, 0.4) is 0 Å². The second-order valence-corrected chi connectivity index (χ2v) is 6.87. The predicted molar refractivity (Wildman–Crippen MR) is 87.0 cm³/mol. The standard InChI is InChI=1S/C16H16N4O2S/c17-14(21)15-18-16(22-19-15)12-5-3-7-20(12)9-11-8-10-4-1-2-6-13(10)23-11/h1-2,4,6,8,12H,3,5,7,9H2,(H2,17,21)/t12-/m1/s1. The number of benzene rings is 1. The Morgan fingerprint density at radius 1 is 1.43 bits per heavy atom. The van der Waals surface area contributed by atoms with Gasteiger partial charge in [0.1, 0.15) is 0 Å². The summed E-state index contributed by atoms with van der Waals surface area (Å²) in [5, 5.41) is 4.93. The van der Waals surface area contributed by atoms with Gasteiger partial charge in [0.25, 0.3) is 11.7 Å². The average Bonchev–Trinajstić information content (AvgIpc) is 3.25. The minimum Gasteiger partial charge on any atom is -0.363 e. The summed E-state index contributed by atoms with van der Waals surface area (Å²) in [7, 11) is 0. The number of aromatic nitrogens is 2. The van der Waals surface area contributed by atoms with Crippen LogP contribution in [-0.2, 0) is 6.54 Å². The van der Waals surface area contributed by atoms with Crippen molar-refractivity contribution in [2.24, 2.45) is 5.73 Å². The van der Waals surface area contributed by atoms with E-state index in [4.69, 9.17) is 10.3 Å². The highest BCUT2D eigenvalue weighted by Crippen LogP contribution is 2.34. The number of hydrogen-bond acceptors (Lipinski definition) is 6. The number of fused-ring (bicyclic) bond motifs is 1. The van der Waals surface area contributed by atoms with E-state index in [0.29, 0.717) is 5.89 Å². The molecule has 1 atom stereocenters. The van der Waals surface area contributed by atoms with E-state index < -0.39 is 5.91 Å². The molecule has 1 amide bonds. The van der Waals surface area contributed by atoms with E-state index in [0.717, 1.165) is 25.9 Å². The second kappa shape index (κ2) is 5.75. The van der Waals surface area contributed by atoms with Crippen molar-refractivity contribution < 1.29 is 9.32 Å². The summed E-state index contributed by atoms with van der Waals surface area (Å²) < 4.78 is 6.53. The first-order valence-electron chi connectivity index (χ1n) is 7.55. The Kier molecular flexibility index (Phi) is 3.59. The van der Waals surface area contributed by atoms with Crippen molar-refractivity contribution in [2.75, 3.05) is 6.54 Å².